The monoisotopic (exact) mass is 283 g/mol. The van der Waals surface area contributed by atoms with Crippen LogP contribution in [0.3, 0.4) is 0 Å². The highest BCUT2D eigenvalue weighted by Gasteiger charge is 2.06. The van der Waals surface area contributed by atoms with Crippen molar-refractivity contribution in [2.75, 3.05) is 0 Å². The molecule has 21 heavy (non-hydrogen) atoms. The Bertz CT molecular complexity index is 563. The van der Waals surface area contributed by atoms with Crippen molar-refractivity contribution >= 4 is 7.28 Å². The quantitative estimate of drug-likeness (QED) is 0.741. The molecule has 0 N–H and O–H groups in total. The minimum absolute atomic E-state index is 0.697. The Labute approximate surface area is 126 Å². The Morgan fingerprint density at radius 3 is 1.38 bits per heavy atom. The molecule has 0 spiro atoms. The highest BCUT2D eigenvalue weighted by Crippen LogP contribution is 2.00. The Hall–Kier alpha value is -1.92. The maximum atomic E-state index is 4.43. The van der Waals surface area contributed by atoms with Crippen LogP contribution in [-0.4, -0.2) is 37.2 Å². The first-order chi connectivity index (χ1) is 10.1. The zero-order valence-corrected chi connectivity index (χ0v) is 13.1. The lowest BCUT2D eigenvalue weighted by atomic mass is 9.70. The van der Waals surface area contributed by atoms with Crippen molar-refractivity contribution in [1.29, 1.82) is 0 Å². The van der Waals surface area contributed by atoms with Crippen molar-refractivity contribution in [2.24, 2.45) is 0 Å². The van der Waals surface area contributed by atoms with Gasteiger partial charge in [-0.3, -0.25) is 0 Å². The summed E-state index contributed by atoms with van der Waals surface area (Å²) in [6.07, 6.45) is 3.04. The van der Waals surface area contributed by atoms with E-state index in [-0.39, 0.29) is 0 Å². The normalized spacial score (nSPS) is 10.7. The molecule has 2 heterocycles. The van der Waals surface area contributed by atoms with Gasteiger partial charge in [0.2, 0.25) is 0 Å². The van der Waals surface area contributed by atoms with Crippen LogP contribution in [0.4, 0.5) is 0 Å². The van der Waals surface area contributed by atoms with Gasteiger partial charge in [0.15, 0.2) is 0 Å². The van der Waals surface area contributed by atoms with Crippen LogP contribution in [0.25, 0.3) is 0 Å². The van der Waals surface area contributed by atoms with Crippen molar-refractivity contribution in [1.82, 2.24) is 29.9 Å². The molecular formula is C14H20BN6. The number of aromatic nitrogens is 6. The van der Waals surface area contributed by atoms with E-state index in [2.05, 4.69) is 37.2 Å². The molecule has 109 valence electrons. The third-order valence-corrected chi connectivity index (χ3v) is 2.97. The maximum Gasteiger partial charge on any atom is 0.132 e. The lowest BCUT2D eigenvalue weighted by Crippen LogP contribution is -2.12. The molecule has 0 saturated heterocycles. The summed E-state index contributed by atoms with van der Waals surface area (Å²) in [5, 5.41) is 0. The highest BCUT2D eigenvalue weighted by atomic mass is 15.0. The van der Waals surface area contributed by atoms with E-state index in [0.717, 1.165) is 47.8 Å². The van der Waals surface area contributed by atoms with E-state index in [1.165, 1.54) is 0 Å². The molecule has 7 heteroatoms. The van der Waals surface area contributed by atoms with Crippen LogP contribution < -0.4 is 0 Å². The van der Waals surface area contributed by atoms with Gasteiger partial charge >= 0.3 is 0 Å². The van der Waals surface area contributed by atoms with E-state index in [0.29, 0.717) is 12.6 Å². The molecule has 2 aromatic heterocycles. The van der Waals surface area contributed by atoms with Gasteiger partial charge in [0.05, 0.1) is 0 Å². The van der Waals surface area contributed by atoms with Crippen LogP contribution in [-0.2, 0) is 25.5 Å². The van der Waals surface area contributed by atoms with E-state index < -0.39 is 0 Å². The average Bonchev–Trinajstić information content (AvgIpc) is 2.46. The predicted molar refractivity (Wildman–Crippen MR) is 81.0 cm³/mol. The highest BCUT2D eigenvalue weighted by molar-refractivity contribution is 6.34. The Morgan fingerprint density at radius 1 is 0.619 bits per heavy atom. The summed E-state index contributed by atoms with van der Waals surface area (Å²) < 4.78 is 0. The van der Waals surface area contributed by atoms with Gasteiger partial charge in [0.1, 0.15) is 42.2 Å². The zero-order valence-electron chi connectivity index (χ0n) is 13.1. The van der Waals surface area contributed by atoms with Gasteiger partial charge in [-0.05, 0) is 26.5 Å². The van der Waals surface area contributed by atoms with Crippen LogP contribution in [0, 0.1) is 13.8 Å². The van der Waals surface area contributed by atoms with Gasteiger partial charge in [0.25, 0.3) is 0 Å². The van der Waals surface area contributed by atoms with Crippen molar-refractivity contribution in [3.8, 4) is 0 Å². The van der Waals surface area contributed by atoms with Crippen LogP contribution in [0.2, 0.25) is 0 Å². The van der Waals surface area contributed by atoms with E-state index in [4.69, 9.17) is 0 Å². The minimum Gasteiger partial charge on any atom is -0.219 e. The third-order valence-electron chi connectivity index (χ3n) is 2.97. The van der Waals surface area contributed by atoms with Crippen molar-refractivity contribution in [3.63, 3.8) is 0 Å². The van der Waals surface area contributed by atoms with E-state index >= 15 is 0 Å². The van der Waals surface area contributed by atoms with Gasteiger partial charge in [-0.1, -0.05) is 13.8 Å². The van der Waals surface area contributed by atoms with E-state index in [1.54, 1.807) is 0 Å². The summed E-state index contributed by atoms with van der Waals surface area (Å²) in [7, 11) is 2.10. The molecule has 0 atom stereocenters. The SMILES string of the molecule is CCc1nc(C)nc(C[B]Cc2nc(C)nc(CC)n2)n1. The molecule has 0 fully saturated rings. The lowest BCUT2D eigenvalue weighted by Gasteiger charge is -2.04. The van der Waals surface area contributed by atoms with E-state index in [1.807, 2.05) is 27.7 Å². The molecule has 0 amide bonds. The Morgan fingerprint density at radius 2 is 1.00 bits per heavy atom. The molecule has 0 aromatic carbocycles. The molecule has 0 aliphatic rings. The maximum absolute atomic E-state index is 4.43. The molecule has 6 nitrogen and oxygen atoms in total. The Balaban J connectivity index is 1.98. The van der Waals surface area contributed by atoms with Crippen LogP contribution in [0.1, 0.15) is 48.8 Å². The fourth-order valence-electron chi connectivity index (χ4n) is 2.02. The third kappa shape index (κ3) is 4.55. The second-order valence-electron chi connectivity index (χ2n) is 4.83. The molecule has 0 saturated carbocycles. The molecule has 1 radical (unpaired) electrons. The van der Waals surface area contributed by atoms with Crippen LogP contribution in [0.5, 0.6) is 0 Å². The summed E-state index contributed by atoms with van der Waals surface area (Å²) in [4.78, 5) is 26.1. The fraction of sp³-hybridized carbons (Fsp3) is 0.571. The summed E-state index contributed by atoms with van der Waals surface area (Å²) in [6, 6.07) is 0. The molecule has 0 aliphatic heterocycles. The first-order valence-corrected chi connectivity index (χ1v) is 7.33. The van der Waals surface area contributed by atoms with Gasteiger partial charge in [-0.15, -0.1) is 0 Å². The summed E-state index contributed by atoms with van der Waals surface area (Å²) in [5.41, 5.74) is 0. The minimum atomic E-state index is 0.697. The molecule has 0 unspecified atom stereocenters. The van der Waals surface area contributed by atoms with Gasteiger partial charge < -0.3 is 0 Å². The number of hydrogen-bond donors (Lipinski definition) is 0. The first kappa shape index (κ1) is 15.5. The zero-order chi connectivity index (χ0) is 15.2. The van der Waals surface area contributed by atoms with E-state index in [9.17, 15) is 0 Å². The second-order valence-corrected chi connectivity index (χ2v) is 4.83. The number of aryl methyl sites for hydroxylation is 4. The fourth-order valence-corrected chi connectivity index (χ4v) is 2.02. The van der Waals surface area contributed by atoms with Crippen LogP contribution >= 0.6 is 0 Å². The predicted octanol–water partition coefficient (Wildman–Crippen LogP) is 1.20. The largest absolute Gasteiger partial charge is 0.219 e. The molecule has 0 aliphatic carbocycles. The van der Waals surface area contributed by atoms with Gasteiger partial charge in [-0.2, -0.15) is 0 Å². The smallest absolute Gasteiger partial charge is 0.132 e. The Kier molecular flexibility index (Phi) is 5.30. The number of nitrogens with zero attached hydrogens (tertiary/aromatic N) is 6. The second kappa shape index (κ2) is 7.20. The van der Waals surface area contributed by atoms with Gasteiger partial charge in [-0.25, -0.2) is 29.9 Å². The molecule has 0 bridgehead atoms. The topological polar surface area (TPSA) is 77.3 Å². The molecular weight excluding hydrogens is 263 g/mol. The first-order valence-electron chi connectivity index (χ1n) is 7.33. The lowest BCUT2D eigenvalue weighted by molar-refractivity contribution is 0.813. The van der Waals surface area contributed by atoms with Crippen molar-refractivity contribution < 1.29 is 0 Å². The molecule has 2 rings (SSSR count). The summed E-state index contributed by atoms with van der Waals surface area (Å²) >= 11 is 0. The molecule has 2 aromatic rings. The van der Waals surface area contributed by atoms with Crippen molar-refractivity contribution in [2.45, 2.75) is 53.2 Å². The number of rotatable bonds is 6. The van der Waals surface area contributed by atoms with Gasteiger partial charge in [0, 0.05) is 12.8 Å². The average molecular weight is 283 g/mol. The van der Waals surface area contributed by atoms with Crippen LogP contribution in [0.15, 0.2) is 0 Å². The van der Waals surface area contributed by atoms with Crippen molar-refractivity contribution in [3.05, 3.63) is 34.9 Å². The standard InChI is InChI=1S/C14H20BN6/c1-5-11-16-9(3)18-13(20-11)7-15-8-14-19-10(4)17-12(6-2)21-14/h5-8H2,1-4H3. The number of hydrogen-bond acceptors (Lipinski definition) is 6. The summed E-state index contributed by atoms with van der Waals surface area (Å²) in [6.45, 7) is 7.88. The summed E-state index contributed by atoms with van der Waals surface area (Å²) in [5.74, 6) is 4.84.